The molecule has 13 nitrogen and oxygen atoms in total. The minimum absolute atomic E-state index is 0.0444. The van der Waals surface area contributed by atoms with Crippen LogP contribution in [0.1, 0.15) is 47.9 Å². The topological polar surface area (TPSA) is 198 Å². The molecule has 3 amide bonds. The van der Waals surface area contributed by atoms with E-state index < -0.39 is 63.3 Å². The first-order chi connectivity index (χ1) is 30.4. The van der Waals surface area contributed by atoms with E-state index in [9.17, 15) is 36.9 Å². The lowest BCUT2D eigenvalue weighted by Gasteiger charge is -2.26. The van der Waals surface area contributed by atoms with Crippen LogP contribution >= 0.6 is 0 Å². The Bertz CT molecular complexity index is 2420. The van der Waals surface area contributed by atoms with E-state index in [0.29, 0.717) is 17.7 Å². The molecule has 1 aromatic heterocycles. The van der Waals surface area contributed by atoms with Gasteiger partial charge in [0.15, 0.2) is 11.6 Å². The van der Waals surface area contributed by atoms with Crippen LogP contribution in [0.5, 0.6) is 5.75 Å². The number of aryl methyl sites for hydroxylation is 1. The van der Waals surface area contributed by atoms with Crippen molar-refractivity contribution in [2.24, 2.45) is 11.8 Å². The van der Waals surface area contributed by atoms with Crippen LogP contribution in [0.3, 0.4) is 0 Å². The van der Waals surface area contributed by atoms with Gasteiger partial charge in [-0.2, -0.15) is 8.42 Å². The highest BCUT2D eigenvalue weighted by atomic mass is 32.2. The number of nitrogens with one attached hydrogen (secondary N) is 3. The Morgan fingerprint density at radius 2 is 1.33 bits per heavy atom. The van der Waals surface area contributed by atoms with E-state index in [2.05, 4.69) is 20.9 Å². The second-order valence-electron chi connectivity index (χ2n) is 15.8. The number of hydrogen-bond donors (Lipinski definition) is 4. The van der Waals surface area contributed by atoms with Gasteiger partial charge in [-0.1, -0.05) is 97.1 Å². The van der Waals surface area contributed by atoms with E-state index in [1.807, 2.05) is 84.9 Å². The highest BCUT2D eigenvalue weighted by molar-refractivity contribution is 7.85. The van der Waals surface area contributed by atoms with E-state index in [-0.39, 0.29) is 63.9 Å². The molecule has 328 valence electrons. The maximum atomic E-state index is 14.6. The largest absolute Gasteiger partial charge is 0.486 e. The summed E-state index contributed by atoms with van der Waals surface area (Å²) >= 11 is 0. The van der Waals surface area contributed by atoms with E-state index in [4.69, 9.17) is 4.74 Å². The first kappa shape index (κ1) is 46.0. The molecule has 2 aliphatic heterocycles. The number of amides is 3. The molecule has 0 radical (unpaired) electrons. The van der Waals surface area contributed by atoms with Crippen molar-refractivity contribution in [2.75, 3.05) is 18.9 Å². The predicted octanol–water partition coefficient (Wildman–Crippen LogP) is 5.32. The number of ketones is 2. The Kier molecular flexibility index (Phi) is 16.5. The number of carbonyl (C=O) groups is 5. The molecule has 0 saturated heterocycles. The zero-order chi connectivity index (χ0) is 44.6. The minimum Gasteiger partial charge on any atom is -0.486 e. The summed E-state index contributed by atoms with van der Waals surface area (Å²) in [5.41, 5.74) is 5.10. The number of nitrogens with zero attached hydrogens (tertiary/aromatic N) is 1. The van der Waals surface area contributed by atoms with E-state index in [0.717, 1.165) is 27.8 Å². The van der Waals surface area contributed by atoms with Gasteiger partial charge in [-0.25, -0.2) is 0 Å². The van der Waals surface area contributed by atoms with E-state index in [1.165, 1.54) is 0 Å². The summed E-state index contributed by atoms with van der Waals surface area (Å²) in [6.45, 7) is -0.377. The third kappa shape index (κ3) is 14.8. The zero-order valence-electron chi connectivity index (χ0n) is 34.9. The predicted molar refractivity (Wildman–Crippen MR) is 238 cm³/mol. The number of Topliss-reactive ketones (excluding diaryl/α,β-unsaturated/α-hetero) is 2. The number of aromatic nitrogens is 1. The van der Waals surface area contributed by atoms with Gasteiger partial charge in [-0.3, -0.25) is 33.5 Å². The van der Waals surface area contributed by atoms with Crippen molar-refractivity contribution >= 4 is 39.4 Å². The third-order valence-corrected chi connectivity index (χ3v) is 11.8. The van der Waals surface area contributed by atoms with E-state index in [1.54, 1.807) is 48.8 Å². The van der Waals surface area contributed by atoms with Gasteiger partial charge >= 0.3 is 0 Å². The molecule has 0 saturated carbocycles. The average molecular weight is 873 g/mol. The number of hydrogen-bond acceptors (Lipinski definition) is 9. The summed E-state index contributed by atoms with van der Waals surface area (Å²) in [7, 11) is -4.25. The molecule has 5 aromatic rings. The van der Waals surface area contributed by atoms with Crippen LogP contribution in [0, 0.1) is 11.8 Å². The van der Waals surface area contributed by atoms with Gasteiger partial charge in [-0.15, -0.1) is 0 Å². The monoisotopic (exact) mass is 872 g/mol. The fraction of sp³-hybridized carbons (Fsp3) is 0.306. The second kappa shape index (κ2) is 22.5. The summed E-state index contributed by atoms with van der Waals surface area (Å²) in [6, 6.07) is 34.9. The van der Waals surface area contributed by atoms with Gasteiger partial charge in [0, 0.05) is 50.0 Å². The van der Waals surface area contributed by atoms with Crippen molar-refractivity contribution in [1.82, 2.24) is 20.9 Å². The Labute approximate surface area is 367 Å². The van der Waals surface area contributed by atoms with Gasteiger partial charge in [-0.05, 0) is 89.8 Å². The van der Waals surface area contributed by atoms with Crippen LogP contribution in [-0.2, 0) is 59.8 Å². The summed E-state index contributed by atoms with van der Waals surface area (Å²) in [5.74, 6) is -4.36. The molecule has 4 aromatic carbocycles. The van der Waals surface area contributed by atoms with Crippen molar-refractivity contribution in [3.05, 3.63) is 156 Å². The zero-order valence-corrected chi connectivity index (χ0v) is 35.7. The first-order valence-corrected chi connectivity index (χ1v) is 22.7. The third-order valence-electron chi connectivity index (χ3n) is 11.0. The van der Waals surface area contributed by atoms with E-state index >= 15 is 0 Å². The lowest BCUT2D eigenvalue weighted by molar-refractivity contribution is -0.135. The number of benzene rings is 4. The molecule has 0 fully saturated rings. The Morgan fingerprint density at radius 1 is 0.698 bits per heavy atom. The Hall–Kier alpha value is -6.51. The molecule has 0 aliphatic carbocycles. The number of carbonyl (C=O) groups excluding carboxylic acids is 5. The molecule has 63 heavy (non-hydrogen) atoms. The van der Waals surface area contributed by atoms with Crippen LogP contribution in [0.25, 0.3) is 11.1 Å². The van der Waals surface area contributed by atoms with Gasteiger partial charge < -0.3 is 20.7 Å². The maximum absolute atomic E-state index is 14.6. The van der Waals surface area contributed by atoms with Crippen LogP contribution in [0.15, 0.2) is 134 Å². The Balaban J connectivity index is 1.33. The maximum Gasteiger partial charge on any atom is 0.264 e. The summed E-state index contributed by atoms with van der Waals surface area (Å²) in [5, 5.41) is 8.60. The highest BCUT2D eigenvalue weighted by Crippen LogP contribution is 2.23. The van der Waals surface area contributed by atoms with Crippen LogP contribution in [-0.4, -0.2) is 78.2 Å². The van der Waals surface area contributed by atoms with Gasteiger partial charge in [0.2, 0.25) is 17.7 Å². The molecule has 14 heteroatoms. The molecule has 2 bridgehead atoms. The molecule has 0 unspecified atom stereocenters. The molecule has 0 spiro atoms. The lowest BCUT2D eigenvalue weighted by atomic mass is 9.89. The van der Waals surface area contributed by atoms with Crippen LogP contribution < -0.4 is 20.7 Å². The van der Waals surface area contributed by atoms with Crippen molar-refractivity contribution in [2.45, 2.75) is 63.5 Å². The molecular formula is C49H52N4O9S. The molecule has 7 rings (SSSR count). The number of ether oxygens (including phenoxy) is 1. The molecule has 2 aliphatic rings. The second-order valence-corrected chi connectivity index (χ2v) is 17.4. The summed E-state index contributed by atoms with van der Waals surface area (Å²) in [4.78, 5) is 74.7. The van der Waals surface area contributed by atoms with Crippen LogP contribution in [0.2, 0.25) is 0 Å². The molecule has 4 atom stereocenters. The van der Waals surface area contributed by atoms with Gasteiger partial charge in [0.1, 0.15) is 18.4 Å². The minimum atomic E-state index is -4.25. The molecule has 4 N–H and O–H groups in total. The van der Waals surface area contributed by atoms with Crippen LogP contribution in [0.4, 0.5) is 0 Å². The Morgan fingerprint density at radius 3 is 2.02 bits per heavy atom. The highest BCUT2D eigenvalue weighted by Gasteiger charge is 2.33. The summed E-state index contributed by atoms with van der Waals surface area (Å²) < 4.78 is 37.7. The van der Waals surface area contributed by atoms with Crippen molar-refractivity contribution < 1.29 is 41.7 Å². The van der Waals surface area contributed by atoms with Crippen molar-refractivity contribution in [1.29, 1.82) is 0 Å². The van der Waals surface area contributed by atoms with Gasteiger partial charge in [0.05, 0.1) is 11.8 Å². The fourth-order valence-corrected chi connectivity index (χ4v) is 8.07. The molecular weight excluding hydrogens is 821 g/mol. The quantitative estimate of drug-likeness (QED) is 0.0888. The fourth-order valence-electron chi connectivity index (χ4n) is 7.56. The standard InChI is InChI=1S/C49H52N4O9S/c54-42-31-40(29-37-22-25-50-26-23-37)48(57)53-45(30-36-12-17-39(18-13-36)38-10-5-2-6-11-38)49(58)52-44(21-16-34-8-3-1-4-9-34)46(55)32-41(47(56)51-24-7-27-63(59,60)61)28-35-14-19-43(20-15-35)62-33-42/h1-6,8-15,17-20,22-23,25-26,40-41,44-45H,7,16,21,24,27-33H2,(H,51,56)(H,52,58)(H,53,57)(H,59,60,61)/t40-,41-,44+,45-/m1/s1. The van der Waals surface area contributed by atoms with Crippen molar-refractivity contribution in [3.8, 4) is 16.9 Å². The molecule has 3 heterocycles. The smallest absolute Gasteiger partial charge is 0.264 e. The number of rotatable bonds is 13. The summed E-state index contributed by atoms with van der Waals surface area (Å²) in [6.07, 6.45) is 3.68. The normalized spacial score (nSPS) is 19.1. The average Bonchev–Trinajstić information content (AvgIpc) is 3.28. The lowest BCUT2D eigenvalue weighted by Crippen LogP contribution is -2.54. The number of fused-ring (bicyclic) bond motifs is 16. The first-order valence-electron chi connectivity index (χ1n) is 21.1. The number of pyridine rings is 1. The van der Waals surface area contributed by atoms with Crippen molar-refractivity contribution in [3.63, 3.8) is 0 Å². The van der Waals surface area contributed by atoms with Gasteiger partial charge in [0.25, 0.3) is 10.1 Å². The SMILES string of the molecule is O=C1COc2ccc(cc2)C[C@@H](C(=O)NCCCS(=O)(=O)O)CC(=O)[C@H](CCc2ccccc2)NC(=O)[C@@H](Cc2ccc(-c3ccccc3)cc2)NC(=O)[C@H](Cc2ccncc2)C1.